The SMILES string of the molecule is CN(CC(=O)Nc1ccc(F)c(F)c1F)C(=O)[C@@H]1CC(=O)N(C2CCCC2)C1. The largest absolute Gasteiger partial charge is 0.339 e. The lowest BCUT2D eigenvalue weighted by atomic mass is 10.1. The lowest BCUT2D eigenvalue weighted by Crippen LogP contribution is -2.40. The number of hydrogen-bond acceptors (Lipinski definition) is 3. The average Bonchev–Trinajstić information content (AvgIpc) is 3.31. The number of carbonyl (C=O) groups excluding carboxylic acids is 3. The molecule has 3 amide bonds. The summed E-state index contributed by atoms with van der Waals surface area (Å²) in [5.41, 5.74) is -0.506. The number of rotatable bonds is 5. The van der Waals surface area contributed by atoms with Gasteiger partial charge in [-0.05, 0) is 25.0 Å². The fourth-order valence-electron chi connectivity index (χ4n) is 3.88. The van der Waals surface area contributed by atoms with Crippen LogP contribution in [0.4, 0.5) is 18.9 Å². The summed E-state index contributed by atoms with van der Waals surface area (Å²) in [5, 5.41) is 2.13. The monoisotopic (exact) mass is 397 g/mol. The maximum absolute atomic E-state index is 13.6. The minimum absolute atomic E-state index is 0.0491. The smallest absolute Gasteiger partial charge is 0.244 e. The van der Waals surface area contributed by atoms with Gasteiger partial charge in [0.2, 0.25) is 17.7 Å². The molecule has 2 aliphatic rings. The van der Waals surface area contributed by atoms with E-state index in [2.05, 4.69) is 5.32 Å². The fraction of sp³-hybridized carbons (Fsp3) is 0.526. The van der Waals surface area contributed by atoms with Crippen molar-refractivity contribution in [2.24, 2.45) is 5.92 Å². The fourth-order valence-corrected chi connectivity index (χ4v) is 3.88. The van der Waals surface area contributed by atoms with Gasteiger partial charge in [-0.15, -0.1) is 0 Å². The van der Waals surface area contributed by atoms with Crippen molar-refractivity contribution in [3.63, 3.8) is 0 Å². The summed E-state index contributed by atoms with van der Waals surface area (Å²) in [6, 6.07) is 1.79. The molecule has 1 aliphatic carbocycles. The van der Waals surface area contributed by atoms with Gasteiger partial charge in [0.1, 0.15) is 0 Å². The van der Waals surface area contributed by atoms with Crippen molar-refractivity contribution in [3.05, 3.63) is 29.6 Å². The third-order valence-electron chi connectivity index (χ3n) is 5.34. The van der Waals surface area contributed by atoms with Crippen molar-refractivity contribution in [3.8, 4) is 0 Å². The quantitative estimate of drug-likeness (QED) is 0.776. The van der Waals surface area contributed by atoms with Crippen molar-refractivity contribution in [2.75, 3.05) is 25.5 Å². The molecule has 9 heteroatoms. The Bertz CT molecular complexity index is 796. The lowest BCUT2D eigenvalue weighted by Gasteiger charge is -2.25. The van der Waals surface area contributed by atoms with Crippen molar-refractivity contribution in [2.45, 2.75) is 38.1 Å². The molecule has 2 fully saturated rings. The molecule has 1 aromatic carbocycles. The maximum atomic E-state index is 13.6. The number of nitrogens with one attached hydrogen (secondary N) is 1. The second kappa shape index (κ2) is 8.20. The number of likely N-dealkylation sites (N-methyl/N-ethyl adjacent to an activating group) is 1. The van der Waals surface area contributed by atoms with Crippen LogP contribution in [0.2, 0.25) is 0 Å². The zero-order valence-corrected chi connectivity index (χ0v) is 15.5. The number of halogens is 3. The van der Waals surface area contributed by atoms with E-state index in [1.54, 1.807) is 4.90 Å². The lowest BCUT2D eigenvalue weighted by molar-refractivity contribution is -0.137. The third kappa shape index (κ3) is 4.13. The van der Waals surface area contributed by atoms with Crippen LogP contribution in [0.5, 0.6) is 0 Å². The van der Waals surface area contributed by atoms with E-state index in [0.29, 0.717) is 12.6 Å². The molecule has 0 unspecified atom stereocenters. The van der Waals surface area contributed by atoms with E-state index < -0.39 is 41.5 Å². The van der Waals surface area contributed by atoms with Gasteiger partial charge in [0.05, 0.1) is 18.2 Å². The van der Waals surface area contributed by atoms with Crippen LogP contribution in [-0.2, 0) is 14.4 Å². The van der Waals surface area contributed by atoms with Crippen molar-refractivity contribution in [1.29, 1.82) is 0 Å². The second-order valence-electron chi connectivity index (χ2n) is 7.35. The number of nitrogens with zero attached hydrogens (tertiary/aromatic N) is 2. The number of likely N-dealkylation sites (tertiary alicyclic amines) is 1. The van der Waals surface area contributed by atoms with Crippen LogP contribution in [0.1, 0.15) is 32.1 Å². The van der Waals surface area contributed by atoms with Gasteiger partial charge in [-0.2, -0.15) is 0 Å². The van der Waals surface area contributed by atoms with Gasteiger partial charge >= 0.3 is 0 Å². The Balaban J connectivity index is 1.56. The Morgan fingerprint density at radius 2 is 1.86 bits per heavy atom. The number of amides is 3. The number of anilines is 1. The molecule has 152 valence electrons. The van der Waals surface area contributed by atoms with E-state index in [0.717, 1.165) is 36.6 Å². The summed E-state index contributed by atoms with van der Waals surface area (Å²) >= 11 is 0. The first-order chi connectivity index (χ1) is 13.3. The molecule has 1 aromatic rings. The van der Waals surface area contributed by atoms with Crippen molar-refractivity contribution >= 4 is 23.4 Å². The van der Waals surface area contributed by atoms with E-state index in [1.807, 2.05) is 0 Å². The molecule has 1 heterocycles. The molecule has 1 atom stereocenters. The minimum atomic E-state index is -1.68. The first kappa shape index (κ1) is 20.2. The molecule has 0 radical (unpaired) electrons. The Kier molecular flexibility index (Phi) is 5.90. The van der Waals surface area contributed by atoms with Crippen LogP contribution in [0, 0.1) is 23.4 Å². The van der Waals surface area contributed by atoms with Crippen molar-refractivity contribution in [1.82, 2.24) is 9.80 Å². The summed E-state index contributed by atoms with van der Waals surface area (Å²) in [7, 11) is 1.41. The standard InChI is InChI=1S/C19H22F3N3O3/c1-24(10-15(26)23-14-7-6-13(20)17(21)18(14)22)19(28)11-8-16(27)25(9-11)12-4-2-3-5-12/h6-7,11-12H,2-5,8-10H2,1H3,(H,23,26)/t11-/m1/s1. The predicted molar refractivity (Wildman–Crippen MR) is 94.7 cm³/mol. The van der Waals surface area contributed by atoms with E-state index in [9.17, 15) is 27.6 Å². The Morgan fingerprint density at radius 3 is 2.54 bits per heavy atom. The normalized spacial score (nSPS) is 19.9. The first-order valence-corrected chi connectivity index (χ1v) is 9.25. The second-order valence-corrected chi connectivity index (χ2v) is 7.35. The molecule has 6 nitrogen and oxygen atoms in total. The average molecular weight is 397 g/mol. The number of benzene rings is 1. The Morgan fingerprint density at radius 1 is 1.18 bits per heavy atom. The molecule has 28 heavy (non-hydrogen) atoms. The molecule has 3 rings (SSSR count). The van der Waals surface area contributed by atoms with E-state index >= 15 is 0 Å². The zero-order chi connectivity index (χ0) is 20.4. The highest BCUT2D eigenvalue weighted by Gasteiger charge is 2.39. The predicted octanol–water partition coefficient (Wildman–Crippen LogP) is 2.29. The highest BCUT2D eigenvalue weighted by atomic mass is 19.2. The highest BCUT2D eigenvalue weighted by Crippen LogP contribution is 2.30. The van der Waals surface area contributed by atoms with Crippen LogP contribution >= 0.6 is 0 Å². The van der Waals surface area contributed by atoms with Crippen molar-refractivity contribution < 1.29 is 27.6 Å². The van der Waals surface area contributed by atoms with Gasteiger partial charge < -0.3 is 15.1 Å². The zero-order valence-electron chi connectivity index (χ0n) is 15.5. The molecule has 1 saturated carbocycles. The van der Waals surface area contributed by atoms with Gasteiger partial charge in [-0.25, -0.2) is 13.2 Å². The molecule has 0 aromatic heterocycles. The summed E-state index contributed by atoms with van der Waals surface area (Å²) in [6.07, 6.45) is 4.16. The van der Waals surface area contributed by atoms with Gasteiger partial charge in [0.15, 0.2) is 17.5 Å². The summed E-state index contributed by atoms with van der Waals surface area (Å²) in [4.78, 5) is 39.8. The summed E-state index contributed by atoms with van der Waals surface area (Å²) in [5.74, 6) is -6.22. The van der Waals surface area contributed by atoms with Crippen LogP contribution in [0.3, 0.4) is 0 Å². The van der Waals surface area contributed by atoms with Gasteiger partial charge in [0.25, 0.3) is 0 Å². The number of hydrogen-bond donors (Lipinski definition) is 1. The first-order valence-electron chi connectivity index (χ1n) is 9.25. The van der Waals surface area contributed by atoms with Crippen LogP contribution in [0.25, 0.3) is 0 Å². The molecule has 1 N–H and O–H groups in total. The molecule has 0 spiro atoms. The highest BCUT2D eigenvalue weighted by molar-refractivity contribution is 5.96. The van der Waals surface area contributed by atoms with Gasteiger partial charge in [-0.3, -0.25) is 14.4 Å². The minimum Gasteiger partial charge on any atom is -0.339 e. The van der Waals surface area contributed by atoms with E-state index in [1.165, 1.54) is 7.05 Å². The van der Waals surface area contributed by atoms with Gasteiger partial charge in [0, 0.05) is 26.1 Å². The Hall–Kier alpha value is -2.58. The summed E-state index contributed by atoms with van der Waals surface area (Å²) in [6.45, 7) is -0.0581. The molecule has 1 aliphatic heterocycles. The number of carbonyl (C=O) groups is 3. The third-order valence-corrected chi connectivity index (χ3v) is 5.34. The molecule has 1 saturated heterocycles. The van der Waals surface area contributed by atoms with Crippen LogP contribution < -0.4 is 5.32 Å². The van der Waals surface area contributed by atoms with E-state index in [4.69, 9.17) is 0 Å². The molecule has 0 bridgehead atoms. The Labute approximate surface area is 160 Å². The van der Waals surface area contributed by atoms with E-state index in [-0.39, 0.29) is 24.3 Å². The van der Waals surface area contributed by atoms with Gasteiger partial charge in [-0.1, -0.05) is 12.8 Å². The topological polar surface area (TPSA) is 69.7 Å². The summed E-state index contributed by atoms with van der Waals surface area (Å²) < 4.78 is 39.8. The van der Waals surface area contributed by atoms with Crippen LogP contribution in [-0.4, -0.2) is 53.7 Å². The van der Waals surface area contributed by atoms with Crippen LogP contribution in [0.15, 0.2) is 12.1 Å². The molecular weight excluding hydrogens is 375 g/mol. The molecular formula is C19H22F3N3O3. The maximum Gasteiger partial charge on any atom is 0.244 e.